The number of carbonyl (C=O) groups excluding carboxylic acids is 1. The van der Waals surface area contributed by atoms with Crippen molar-refractivity contribution in [3.05, 3.63) is 35.8 Å². The normalized spacial score (nSPS) is 12.3. The number of imidazole rings is 1. The third-order valence-electron chi connectivity index (χ3n) is 2.92. The van der Waals surface area contributed by atoms with Gasteiger partial charge in [-0.15, -0.1) is 0 Å². The Bertz CT molecular complexity index is 650. The molecule has 2 aromatic heterocycles. The Hall–Kier alpha value is -2.41. The summed E-state index contributed by atoms with van der Waals surface area (Å²) in [6.45, 7) is 1.97. The first-order valence-corrected chi connectivity index (χ1v) is 6.13. The topological polar surface area (TPSA) is 104 Å². The Labute approximate surface area is 114 Å². The summed E-state index contributed by atoms with van der Waals surface area (Å²) in [6, 6.07) is 5.54. The number of pyridine rings is 1. The highest BCUT2D eigenvalue weighted by Crippen LogP contribution is 2.08. The van der Waals surface area contributed by atoms with Crippen LogP contribution in [0, 0.1) is 6.92 Å². The quantitative estimate of drug-likeness (QED) is 0.724. The number of carbonyl (C=O) groups is 2. The zero-order valence-electron chi connectivity index (χ0n) is 10.9. The molecule has 0 spiro atoms. The highest BCUT2D eigenvalue weighted by Gasteiger charge is 2.15. The van der Waals surface area contributed by atoms with Gasteiger partial charge in [-0.2, -0.15) is 0 Å². The molecule has 0 aliphatic rings. The van der Waals surface area contributed by atoms with Gasteiger partial charge in [0, 0.05) is 24.9 Å². The van der Waals surface area contributed by atoms with E-state index in [2.05, 4.69) is 10.3 Å². The van der Waals surface area contributed by atoms with Crippen LogP contribution in [0.4, 0.5) is 0 Å². The summed E-state index contributed by atoms with van der Waals surface area (Å²) in [4.78, 5) is 26.5. The number of aromatic nitrogens is 2. The molecule has 106 valence electrons. The van der Waals surface area contributed by atoms with Gasteiger partial charge in [0.15, 0.2) is 6.10 Å². The van der Waals surface area contributed by atoms with Crippen molar-refractivity contribution in [2.75, 3.05) is 6.54 Å². The maximum atomic E-state index is 11.9. The zero-order chi connectivity index (χ0) is 14.7. The molecule has 2 aromatic rings. The van der Waals surface area contributed by atoms with Crippen LogP contribution in [0.5, 0.6) is 0 Å². The molecule has 0 aliphatic heterocycles. The van der Waals surface area contributed by atoms with Crippen LogP contribution in [0.15, 0.2) is 24.4 Å². The van der Waals surface area contributed by atoms with Crippen LogP contribution in [0.1, 0.15) is 22.6 Å². The number of aryl methyl sites for hydroxylation is 1. The molecule has 20 heavy (non-hydrogen) atoms. The number of nitrogens with one attached hydrogen (secondary N) is 1. The van der Waals surface area contributed by atoms with E-state index < -0.39 is 18.0 Å². The van der Waals surface area contributed by atoms with Crippen molar-refractivity contribution in [1.29, 1.82) is 0 Å². The van der Waals surface area contributed by atoms with Gasteiger partial charge in [0.25, 0.3) is 5.91 Å². The Balaban J connectivity index is 2.01. The molecule has 1 amide bonds. The van der Waals surface area contributed by atoms with Gasteiger partial charge >= 0.3 is 5.97 Å². The molecule has 7 nitrogen and oxygen atoms in total. The highest BCUT2D eigenvalue weighted by atomic mass is 16.4. The Morgan fingerprint density at radius 1 is 1.45 bits per heavy atom. The fraction of sp³-hybridized carbons (Fsp3) is 0.308. The first-order chi connectivity index (χ1) is 9.49. The SMILES string of the molecule is Cc1cccc2nc(C(=O)NCCC(O)C(=O)O)cn12. The summed E-state index contributed by atoms with van der Waals surface area (Å²) in [5.41, 5.74) is 1.88. The first kappa shape index (κ1) is 14.0. The summed E-state index contributed by atoms with van der Waals surface area (Å²) in [7, 11) is 0. The molecule has 2 rings (SSSR count). The highest BCUT2D eigenvalue weighted by molar-refractivity contribution is 5.92. The lowest BCUT2D eigenvalue weighted by Crippen LogP contribution is -2.30. The van der Waals surface area contributed by atoms with Crippen molar-refractivity contribution >= 4 is 17.5 Å². The molecule has 0 saturated carbocycles. The van der Waals surface area contributed by atoms with Gasteiger partial charge in [-0.3, -0.25) is 4.79 Å². The number of carboxylic acid groups (broad SMARTS) is 1. The van der Waals surface area contributed by atoms with Crippen LogP contribution in [-0.2, 0) is 4.79 Å². The average molecular weight is 277 g/mol. The zero-order valence-corrected chi connectivity index (χ0v) is 10.9. The predicted octanol–water partition coefficient (Wildman–Crippen LogP) is 0.208. The van der Waals surface area contributed by atoms with E-state index in [9.17, 15) is 9.59 Å². The van der Waals surface area contributed by atoms with Gasteiger partial charge in [-0.25, -0.2) is 9.78 Å². The molecule has 0 aliphatic carbocycles. The number of hydrogen-bond donors (Lipinski definition) is 3. The molecule has 0 fully saturated rings. The smallest absolute Gasteiger partial charge is 0.332 e. The van der Waals surface area contributed by atoms with Crippen molar-refractivity contribution < 1.29 is 19.8 Å². The third-order valence-corrected chi connectivity index (χ3v) is 2.92. The predicted molar refractivity (Wildman–Crippen MR) is 70.5 cm³/mol. The summed E-state index contributed by atoms with van der Waals surface area (Å²) in [6.07, 6.45) is 0.0970. The van der Waals surface area contributed by atoms with E-state index in [0.717, 1.165) is 5.69 Å². The van der Waals surface area contributed by atoms with E-state index in [0.29, 0.717) is 5.65 Å². The van der Waals surface area contributed by atoms with E-state index in [-0.39, 0.29) is 18.7 Å². The largest absolute Gasteiger partial charge is 0.479 e. The lowest BCUT2D eigenvalue weighted by molar-refractivity contribution is -0.146. The van der Waals surface area contributed by atoms with Crippen LogP contribution in [0.3, 0.4) is 0 Å². The number of aliphatic hydroxyl groups excluding tert-OH is 1. The van der Waals surface area contributed by atoms with Gasteiger partial charge in [-0.1, -0.05) is 6.07 Å². The minimum Gasteiger partial charge on any atom is -0.479 e. The number of amides is 1. The molecule has 2 heterocycles. The molecule has 1 unspecified atom stereocenters. The third kappa shape index (κ3) is 2.94. The van der Waals surface area contributed by atoms with Crippen molar-refractivity contribution in [3.8, 4) is 0 Å². The van der Waals surface area contributed by atoms with Crippen molar-refractivity contribution in [1.82, 2.24) is 14.7 Å². The van der Waals surface area contributed by atoms with Crippen LogP contribution in [-0.4, -0.2) is 44.1 Å². The summed E-state index contributed by atoms with van der Waals surface area (Å²) in [5.74, 6) is -1.70. The summed E-state index contributed by atoms with van der Waals surface area (Å²) >= 11 is 0. The molecular weight excluding hydrogens is 262 g/mol. The van der Waals surface area contributed by atoms with Crippen molar-refractivity contribution in [2.45, 2.75) is 19.4 Å². The van der Waals surface area contributed by atoms with Gasteiger partial charge in [-0.05, 0) is 19.1 Å². The van der Waals surface area contributed by atoms with Crippen LogP contribution >= 0.6 is 0 Å². The molecule has 0 radical (unpaired) electrons. The minimum absolute atomic E-state index is 0.0481. The van der Waals surface area contributed by atoms with Crippen molar-refractivity contribution in [3.63, 3.8) is 0 Å². The molecule has 0 aromatic carbocycles. The fourth-order valence-electron chi connectivity index (χ4n) is 1.79. The Kier molecular flexibility index (Phi) is 3.99. The number of hydrogen-bond acceptors (Lipinski definition) is 4. The number of carboxylic acids is 1. The second-order valence-corrected chi connectivity index (χ2v) is 4.42. The Morgan fingerprint density at radius 3 is 2.85 bits per heavy atom. The van der Waals surface area contributed by atoms with Gasteiger partial charge in [0.05, 0.1) is 0 Å². The van der Waals surface area contributed by atoms with E-state index in [1.807, 2.05) is 19.1 Å². The van der Waals surface area contributed by atoms with Gasteiger partial charge < -0.3 is 19.9 Å². The first-order valence-electron chi connectivity index (χ1n) is 6.13. The second kappa shape index (κ2) is 5.70. The van der Waals surface area contributed by atoms with E-state index in [1.54, 1.807) is 16.7 Å². The molecular formula is C13H15N3O4. The standard InChI is InChI=1S/C13H15N3O4/c1-8-3-2-4-11-15-9(7-16(8)11)12(18)14-6-5-10(17)13(19)20/h2-4,7,10,17H,5-6H2,1H3,(H,14,18)(H,19,20). The number of aliphatic carboxylic acids is 1. The molecule has 1 atom stereocenters. The number of rotatable bonds is 5. The monoisotopic (exact) mass is 277 g/mol. The lowest BCUT2D eigenvalue weighted by atomic mass is 10.2. The molecule has 3 N–H and O–H groups in total. The Morgan fingerprint density at radius 2 is 2.20 bits per heavy atom. The minimum atomic E-state index is -1.47. The number of nitrogens with zero attached hydrogens (tertiary/aromatic N) is 2. The number of aliphatic hydroxyl groups is 1. The van der Waals surface area contributed by atoms with Crippen LogP contribution in [0.2, 0.25) is 0 Å². The molecule has 0 bridgehead atoms. The summed E-state index contributed by atoms with van der Waals surface area (Å²) in [5, 5.41) is 20.1. The average Bonchev–Trinajstić information content (AvgIpc) is 2.84. The second-order valence-electron chi connectivity index (χ2n) is 4.42. The summed E-state index contributed by atoms with van der Waals surface area (Å²) < 4.78 is 1.79. The van der Waals surface area contributed by atoms with Gasteiger partial charge in [0.2, 0.25) is 0 Å². The molecule has 0 saturated heterocycles. The number of fused-ring (bicyclic) bond motifs is 1. The maximum absolute atomic E-state index is 11.9. The van der Waals surface area contributed by atoms with Gasteiger partial charge in [0.1, 0.15) is 11.3 Å². The maximum Gasteiger partial charge on any atom is 0.332 e. The lowest BCUT2D eigenvalue weighted by Gasteiger charge is -2.05. The van der Waals surface area contributed by atoms with E-state index in [4.69, 9.17) is 10.2 Å². The fourth-order valence-corrected chi connectivity index (χ4v) is 1.79. The van der Waals surface area contributed by atoms with Crippen LogP contribution < -0.4 is 5.32 Å². The van der Waals surface area contributed by atoms with Crippen LogP contribution in [0.25, 0.3) is 5.65 Å². The molecule has 7 heteroatoms. The van der Waals surface area contributed by atoms with E-state index in [1.165, 1.54) is 0 Å². The van der Waals surface area contributed by atoms with Crippen molar-refractivity contribution in [2.24, 2.45) is 0 Å². The van der Waals surface area contributed by atoms with E-state index >= 15 is 0 Å².